The Balaban J connectivity index is 1.73. The van der Waals surface area contributed by atoms with Crippen LogP contribution in [0.3, 0.4) is 0 Å². The van der Waals surface area contributed by atoms with E-state index in [2.05, 4.69) is 21.3 Å². The number of benzene rings is 1. The van der Waals surface area contributed by atoms with Crippen molar-refractivity contribution in [2.45, 2.75) is 26.3 Å². The number of pyridine rings is 1. The molecule has 126 valence electrons. The molecule has 1 N–H and O–H groups in total. The molecule has 0 unspecified atom stereocenters. The topological polar surface area (TPSA) is 54.5 Å². The first-order chi connectivity index (χ1) is 11.7. The number of ether oxygens (including phenoxy) is 1. The van der Waals surface area contributed by atoms with Crippen LogP contribution in [0.2, 0.25) is 0 Å². The molecule has 2 aromatic rings. The van der Waals surface area contributed by atoms with E-state index in [1.807, 2.05) is 31.2 Å². The fraction of sp³-hybridized carbons (Fsp3) is 0.368. The fourth-order valence-corrected chi connectivity index (χ4v) is 3.01. The zero-order chi connectivity index (χ0) is 16.9. The van der Waals surface area contributed by atoms with Crippen LogP contribution >= 0.6 is 0 Å². The normalized spacial score (nSPS) is 13.3. The molecular weight excluding hydrogens is 302 g/mol. The van der Waals surface area contributed by atoms with Crippen LogP contribution in [0.15, 0.2) is 36.5 Å². The molecule has 1 aromatic carbocycles. The van der Waals surface area contributed by atoms with Gasteiger partial charge in [-0.2, -0.15) is 0 Å². The second kappa shape index (κ2) is 7.34. The minimum Gasteiger partial charge on any atom is -0.496 e. The van der Waals surface area contributed by atoms with Crippen LogP contribution in [0.4, 0.5) is 5.82 Å². The van der Waals surface area contributed by atoms with Crippen LogP contribution in [0.1, 0.15) is 34.8 Å². The summed E-state index contributed by atoms with van der Waals surface area (Å²) in [5.41, 5.74) is 3.16. The van der Waals surface area contributed by atoms with E-state index in [4.69, 9.17) is 4.74 Å². The summed E-state index contributed by atoms with van der Waals surface area (Å²) in [5, 5.41) is 2.87. The van der Waals surface area contributed by atoms with Crippen LogP contribution in [-0.2, 0) is 13.0 Å². The maximum atomic E-state index is 11.9. The van der Waals surface area contributed by atoms with Crippen molar-refractivity contribution in [1.29, 1.82) is 0 Å². The summed E-state index contributed by atoms with van der Waals surface area (Å²) >= 11 is 0. The van der Waals surface area contributed by atoms with Gasteiger partial charge in [-0.3, -0.25) is 4.79 Å². The van der Waals surface area contributed by atoms with Crippen molar-refractivity contribution >= 4 is 11.7 Å². The Hall–Kier alpha value is -2.56. The number of rotatable bonds is 5. The van der Waals surface area contributed by atoms with Gasteiger partial charge in [0.05, 0.1) is 12.7 Å². The first-order valence-corrected chi connectivity index (χ1v) is 8.37. The van der Waals surface area contributed by atoms with Gasteiger partial charge in [0.2, 0.25) is 0 Å². The van der Waals surface area contributed by atoms with E-state index in [0.717, 1.165) is 37.5 Å². The van der Waals surface area contributed by atoms with Crippen molar-refractivity contribution < 1.29 is 9.53 Å². The van der Waals surface area contributed by atoms with Crippen molar-refractivity contribution in [1.82, 2.24) is 10.3 Å². The fourth-order valence-electron chi connectivity index (χ4n) is 3.01. The second-order valence-electron chi connectivity index (χ2n) is 5.93. The molecule has 24 heavy (non-hydrogen) atoms. The van der Waals surface area contributed by atoms with Crippen molar-refractivity contribution in [2.75, 3.05) is 25.1 Å². The molecule has 5 nitrogen and oxygen atoms in total. The van der Waals surface area contributed by atoms with Gasteiger partial charge in [-0.1, -0.05) is 19.1 Å². The van der Waals surface area contributed by atoms with Gasteiger partial charge >= 0.3 is 0 Å². The number of fused-ring (bicyclic) bond motifs is 1. The highest BCUT2D eigenvalue weighted by Gasteiger charge is 2.20. The highest BCUT2D eigenvalue weighted by atomic mass is 16.5. The third-order valence-electron chi connectivity index (χ3n) is 4.31. The maximum Gasteiger partial charge on any atom is 0.252 e. The lowest BCUT2D eigenvalue weighted by molar-refractivity contribution is 0.0953. The standard InChI is InChI=1S/C19H23N3O2/c1-3-10-20-19(23)14-7-8-18(21-12-14)22-11-9-16-15(13-22)5-4-6-17(16)24-2/h4-8,12H,3,9-11,13H2,1-2H3,(H,20,23). The third-order valence-corrected chi connectivity index (χ3v) is 4.31. The van der Waals surface area contributed by atoms with Crippen molar-refractivity contribution in [3.63, 3.8) is 0 Å². The van der Waals surface area contributed by atoms with E-state index in [9.17, 15) is 4.79 Å². The number of methoxy groups -OCH3 is 1. The molecule has 5 heteroatoms. The number of nitrogens with one attached hydrogen (secondary N) is 1. The van der Waals surface area contributed by atoms with Gasteiger partial charge in [-0.05, 0) is 36.6 Å². The molecule has 0 spiro atoms. The molecule has 1 aliphatic rings. The Morgan fingerprint density at radius 3 is 2.92 bits per heavy atom. The van der Waals surface area contributed by atoms with Gasteiger partial charge in [-0.25, -0.2) is 4.98 Å². The molecule has 0 fully saturated rings. The summed E-state index contributed by atoms with van der Waals surface area (Å²) in [6.07, 6.45) is 3.51. The van der Waals surface area contributed by atoms with Crippen LogP contribution < -0.4 is 15.0 Å². The third kappa shape index (κ3) is 3.35. The summed E-state index contributed by atoms with van der Waals surface area (Å²) in [6, 6.07) is 9.93. The lowest BCUT2D eigenvalue weighted by atomic mass is 9.98. The molecule has 1 amide bonds. The summed E-state index contributed by atoms with van der Waals surface area (Å²) in [5.74, 6) is 1.79. The molecule has 2 heterocycles. The van der Waals surface area contributed by atoms with Crippen molar-refractivity contribution in [3.8, 4) is 5.75 Å². The largest absolute Gasteiger partial charge is 0.496 e. The highest BCUT2D eigenvalue weighted by Crippen LogP contribution is 2.29. The maximum absolute atomic E-state index is 11.9. The first-order valence-electron chi connectivity index (χ1n) is 8.37. The number of carbonyl (C=O) groups excluding carboxylic acids is 1. The first kappa shape index (κ1) is 16.3. The van der Waals surface area contributed by atoms with E-state index in [-0.39, 0.29) is 5.91 Å². The number of carbonyl (C=O) groups is 1. The number of hydrogen-bond acceptors (Lipinski definition) is 4. The SMILES string of the molecule is CCCNC(=O)c1ccc(N2CCc3c(cccc3OC)C2)nc1. The molecule has 1 aromatic heterocycles. The van der Waals surface area contributed by atoms with Gasteiger partial charge in [0.25, 0.3) is 5.91 Å². The predicted octanol–water partition coefficient (Wildman–Crippen LogP) is 2.79. The van der Waals surface area contributed by atoms with Gasteiger partial charge in [0.15, 0.2) is 0 Å². The Morgan fingerprint density at radius 1 is 1.33 bits per heavy atom. The molecule has 0 saturated heterocycles. The van der Waals surface area contributed by atoms with Crippen molar-refractivity contribution in [3.05, 3.63) is 53.2 Å². The number of anilines is 1. The Bertz CT molecular complexity index is 713. The van der Waals surface area contributed by atoms with Gasteiger partial charge in [-0.15, -0.1) is 0 Å². The minimum absolute atomic E-state index is 0.0652. The monoisotopic (exact) mass is 325 g/mol. The summed E-state index contributed by atoms with van der Waals surface area (Å²) < 4.78 is 5.45. The van der Waals surface area contributed by atoms with E-state index < -0.39 is 0 Å². The summed E-state index contributed by atoms with van der Waals surface area (Å²) in [6.45, 7) is 4.42. The Morgan fingerprint density at radius 2 is 2.21 bits per heavy atom. The number of hydrogen-bond donors (Lipinski definition) is 1. The highest BCUT2D eigenvalue weighted by molar-refractivity contribution is 5.94. The van der Waals surface area contributed by atoms with E-state index >= 15 is 0 Å². The van der Waals surface area contributed by atoms with Gasteiger partial charge in [0, 0.05) is 31.4 Å². The summed E-state index contributed by atoms with van der Waals surface area (Å²) in [7, 11) is 1.71. The number of amides is 1. The molecular formula is C19H23N3O2. The Labute approximate surface area is 142 Å². The van der Waals surface area contributed by atoms with Gasteiger partial charge in [0.1, 0.15) is 11.6 Å². The zero-order valence-electron chi connectivity index (χ0n) is 14.2. The van der Waals surface area contributed by atoms with Crippen LogP contribution in [0, 0.1) is 0 Å². The lowest BCUT2D eigenvalue weighted by Gasteiger charge is -2.30. The average Bonchev–Trinajstić information content (AvgIpc) is 2.65. The van der Waals surface area contributed by atoms with E-state index in [0.29, 0.717) is 12.1 Å². The van der Waals surface area contributed by atoms with E-state index in [1.165, 1.54) is 11.1 Å². The van der Waals surface area contributed by atoms with Crippen LogP contribution in [0.5, 0.6) is 5.75 Å². The second-order valence-corrected chi connectivity index (χ2v) is 5.93. The minimum atomic E-state index is -0.0652. The molecule has 0 saturated carbocycles. The number of nitrogens with zero attached hydrogens (tertiary/aromatic N) is 2. The molecule has 0 atom stereocenters. The quantitative estimate of drug-likeness (QED) is 0.918. The van der Waals surface area contributed by atoms with Gasteiger partial charge < -0.3 is 15.0 Å². The molecule has 0 bridgehead atoms. The summed E-state index contributed by atoms with van der Waals surface area (Å²) in [4.78, 5) is 18.7. The van der Waals surface area contributed by atoms with Crippen LogP contribution in [-0.4, -0.2) is 31.1 Å². The number of aromatic nitrogens is 1. The van der Waals surface area contributed by atoms with E-state index in [1.54, 1.807) is 13.3 Å². The zero-order valence-corrected chi connectivity index (χ0v) is 14.2. The molecule has 3 rings (SSSR count). The molecule has 1 aliphatic heterocycles. The molecule has 0 radical (unpaired) electrons. The molecule has 0 aliphatic carbocycles. The van der Waals surface area contributed by atoms with Crippen LogP contribution in [0.25, 0.3) is 0 Å². The Kier molecular flexibility index (Phi) is 4.99. The average molecular weight is 325 g/mol. The smallest absolute Gasteiger partial charge is 0.252 e. The lowest BCUT2D eigenvalue weighted by Crippen LogP contribution is -2.31. The predicted molar refractivity (Wildman–Crippen MR) is 94.6 cm³/mol. The van der Waals surface area contributed by atoms with Crippen molar-refractivity contribution in [2.24, 2.45) is 0 Å².